The van der Waals surface area contributed by atoms with Gasteiger partial charge in [-0.3, -0.25) is 4.79 Å². The summed E-state index contributed by atoms with van der Waals surface area (Å²) in [7, 11) is 1.25. The molecule has 0 amide bonds. The smallest absolute Gasteiger partial charge is 0.261 e. The molecule has 0 aliphatic heterocycles. The number of rotatable bonds is 2. The van der Waals surface area contributed by atoms with Crippen LogP contribution < -0.4 is 0 Å². The Hall–Kier alpha value is -0.460. The number of hydrogen-bond acceptors (Lipinski definition) is 4. The number of aromatic nitrogens is 1. The van der Waals surface area contributed by atoms with Crippen LogP contribution in [0.5, 0.6) is 0 Å². The van der Waals surface area contributed by atoms with Crippen LogP contribution >= 0.6 is 26.6 Å². The molecule has 13 heavy (non-hydrogen) atoms. The Balaban J connectivity index is 3.41. The molecule has 1 heterocycles. The molecule has 0 spiro atoms. The molecule has 0 unspecified atom stereocenters. The second kappa shape index (κ2) is 3.73. The van der Waals surface area contributed by atoms with Crippen molar-refractivity contribution in [2.24, 2.45) is 0 Å². The highest BCUT2D eigenvalue weighted by molar-refractivity contribution is 9.10. The van der Waals surface area contributed by atoms with E-state index in [4.69, 9.17) is 10.7 Å². The number of aldehydes is 1. The van der Waals surface area contributed by atoms with E-state index in [0.717, 1.165) is 6.07 Å². The summed E-state index contributed by atoms with van der Waals surface area (Å²) in [4.78, 5) is 13.9. The zero-order chi connectivity index (χ0) is 10.1. The Morgan fingerprint density at radius 2 is 2.08 bits per heavy atom. The summed E-state index contributed by atoms with van der Waals surface area (Å²) in [6, 6.07) is 2.31. The van der Waals surface area contributed by atoms with Crippen molar-refractivity contribution in [2.45, 2.75) is 4.90 Å². The minimum absolute atomic E-state index is 0.00796. The lowest BCUT2D eigenvalue weighted by Crippen LogP contribution is -1.95. The molecule has 0 fully saturated rings. The van der Waals surface area contributed by atoms with E-state index in [1.807, 2.05) is 0 Å². The predicted molar refractivity (Wildman–Crippen MR) is 50.4 cm³/mol. The van der Waals surface area contributed by atoms with Crippen LogP contribution in [-0.4, -0.2) is 19.7 Å². The highest BCUT2D eigenvalue weighted by Gasteiger charge is 2.12. The first-order chi connectivity index (χ1) is 5.93. The minimum Gasteiger partial charge on any atom is -0.296 e. The third-order valence-electron chi connectivity index (χ3n) is 1.19. The van der Waals surface area contributed by atoms with Gasteiger partial charge in [-0.2, -0.15) is 0 Å². The van der Waals surface area contributed by atoms with Gasteiger partial charge in [-0.1, -0.05) is 0 Å². The monoisotopic (exact) mass is 283 g/mol. The normalized spacial score (nSPS) is 11.2. The summed E-state index contributed by atoms with van der Waals surface area (Å²) >= 11 is 2.95. The van der Waals surface area contributed by atoms with Crippen LogP contribution in [0.1, 0.15) is 10.5 Å². The molecule has 0 radical (unpaired) electrons. The molecule has 1 aromatic heterocycles. The third-order valence-corrected chi connectivity index (χ3v) is 2.93. The molecular formula is C6H3BrClNO3S. The number of pyridine rings is 1. The first kappa shape index (κ1) is 10.6. The molecule has 4 nitrogen and oxygen atoms in total. The largest absolute Gasteiger partial charge is 0.296 e. The van der Waals surface area contributed by atoms with Crippen molar-refractivity contribution in [3.05, 3.63) is 22.4 Å². The van der Waals surface area contributed by atoms with Gasteiger partial charge >= 0.3 is 0 Å². The van der Waals surface area contributed by atoms with E-state index in [0.29, 0.717) is 6.29 Å². The lowest BCUT2D eigenvalue weighted by atomic mass is 10.4. The molecule has 70 valence electrons. The number of carbonyl (C=O) groups is 1. The fourth-order valence-electron chi connectivity index (χ4n) is 0.694. The summed E-state index contributed by atoms with van der Waals surface area (Å²) in [5.74, 6) is 0. The average Bonchev–Trinajstić information content (AvgIpc) is 2.01. The Bertz CT molecular complexity index is 445. The molecule has 1 rings (SSSR count). The summed E-state index contributed by atoms with van der Waals surface area (Å²) < 4.78 is 22.0. The summed E-state index contributed by atoms with van der Waals surface area (Å²) in [5, 5.41) is 0. The van der Waals surface area contributed by atoms with Gasteiger partial charge in [-0.15, -0.1) is 0 Å². The number of nitrogens with zero attached hydrogens (tertiary/aromatic N) is 1. The maximum Gasteiger partial charge on any atom is 0.261 e. The third kappa shape index (κ3) is 2.75. The van der Waals surface area contributed by atoms with Crippen molar-refractivity contribution in [1.29, 1.82) is 0 Å². The maximum absolute atomic E-state index is 10.9. The second-order valence-corrected chi connectivity index (χ2v) is 5.48. The highest BCUT2D eigenvalue weighted by atomic mass is 79.9. The standard InChI is InChI=1S/C6H3BrClNO3S/c7-6-2-5(13(8,11)12)1-4(3-10)9-6/h1-3H. The zero-order valence-electron chi connectivity index (χ0n) is 6.07. The summed E-state index contributed by atoms with van der Waals surface area (Å²) in [6.07, 6.45) is 0.441. The van der Waals surface area contributed by atoms with Crippen LogP contribution in [0.25, 0.3) is 0 Å². The predicted octanol–water partition coefficient (Wildman–Crippen LogP) is 1.58. The van der Waals surface area contributed by atoms with Crippen molar-refractivity contribution < 1.29 is 13.2 Å². The Morgan fingerprint density at radius 3 is 2.54 bits per heavy atom. The maximum atomic E-state index is 10.9. The van der Waals surface area contributed by atoms with Gasteiger partial charge in [-0.25, -0.2) is 13.4 Å². The van der Waals surface area contributed by atoms with E-state index in [9.17, 15) is 13.2 Å². The average molecular weight is 285 g/mol. The molecule has 0 N–H and O–H groups in total. The van der Waals surface area contributed by atoms with Crippen LogP contribution in [0.3, 0.4) is 0 Å². The molecule has 0 aromatic carbocycles. The van der Waals surface area contributed by atoms with Gasteiger partial charge in [0.25, 0.3) is 9.05 Å². The molecule has 0 atom stereocenters. The Labute approximate surface area is 87.5 Å². The van der Waals surface area contributed by atoms with Crippen LogP contribution in [0, 0.1) is 0 Å². The minimum atomic E-state index is -3.81. The van der Waals surface area contributed by atoms with Crippen molar-refractivity contribution in [3.8, 4) is 0 Å². The van der Waals surface area contributed by atoms with Crippen LogP contribution in [0.15, 0.2) is 21.6 Å². The fraction of sp³-hybridized carbons (Fsp3) is 0. The number of carbonyl (C=O) groups excluding carboxylic acids is 1. The van der Waals surface area contributed by atoms with E-state index < -0.39 is 9.05 Å². The SMILES string of the molecule is O=Cc1cc(S(=O)(=O)Cl)cc(Br)n1. The first-order valence-electron chi connectivity index (χ1n) is 3.01. The van der Waals surface area contributed by atoms with Crippen molar-refractivity contribution in [2.75, 3.05) is 0 Å². The second-order valence-electron chi connectivity index (χ2n) is 2.11. The lowest BCUT2D eigenvalue weighted by molar-refractivity contribution is 0.111. The molecule has 0 saturated heterocycles. The van der Waals surface area contributed by atoms with Gasteiger partial charge in [0.15, 0.2) is 6.29 Å². The Morgan fingerprint density at radius 1 is 1.46 bits per heavy atom. The number of halogens is 2. The fourth-order valence-corrected chi connectivity index (χ4v) is 2.08. The molecule has 1 aromatic rings. The van der Waals surface area contributed by atoms with E-state index in [1.165, 1.54) is 6.07 Å². The van der Waals surface area contributed by atoms with E-state index in [2.05, 4.69) is 20.9 Å². The van der Waals surface area contributed by atoms with Gasteiger partial charge in [0.1, 0.15) is 10.3 Å². The topological polar surface area (TPSA) is 64.1 Å². The van der Waals surface area contributed by atoms with E-state index >= 15 is 0 Å². The van der Waals surface area contributed by atoms with Crippen LogP contribution in [0.2, 0.25) is 0 Å². The van der Waals surface area contributed by atoms with Crippen LogP contribution in [0.4, 0.5) is 0 Å². The quantitative estimate of drug-likeness (QED) is 0.470. The lowest BCUT2D eigenvalue weighted by Gasteiger charge is -1.97. The molecular weight excluding hydrogens is 281 g/mol. The first-order valence-corrected chi connectivity index (χ1v) is 6.11. The molecule has 0 aliphatic rings. The van der Waals surface area contributed by atoms with Crippen molar-refractivity contribution in [1.82, 2.24) is 4.98 Å². The van der Waals surface area contributed by atoms with Gasteiger partial charge in [-0.05, 0) is 28.1 Å². The van der Waals surface area contributed by atoms with E-state index in [1.54, 1.807) is 0 Å². The van der Waals surface area contributed by atoms with Gasteiger partial charge in [0.05, 0.1) is 4.90 Å². The zero-order valence-corrected chi connectivity index (χ0v) is 9.23. The summed E-state index contributed by atoms with van der Waals surface area (Å²) in [6.45, 7) is 0. The van der Waals surface area contributed by atoms with E-state index in [-0.39, 0.29) is 15.2 Å². The summed E-state index contributed by atoms with van der Waals surface area (Å²) in [5.41, 5.74) is 0.00796. The van der Waals surface area contributed by atoms with Gasteiger partial charge in [0.2, 0.25) is 0 Å². The van der Waals surface area contributed by atoms with Crippen molar-refractivity contribution in [3.63, 3.8) is 0 Å². The van der Waals surface area contributed by atoms with Crippen LogP contribution in [-0.2, 0) is 9.05 Å². The highest BCUT2D eigenvalue weighted by Crippen LogP contribution is 2.18. The van der Waals surface area contributed by atoms with Gasteiger partial charge in [0, 0.05) is 10.7 Å². The number of hydrogen-bond donors (Lipinski definition) is 0. The molecule has 0 bridgehead atoms. The molecule has 7 heteroatoms. The van der Waals surface area contributed by atoms with Gasteiger partial charge < -0.3 is 0 Å². The molecule has 0 aliphatic carbocycles. The molecule has 0 saturated carbocycles. The van der Waals surface area contributed by atoms with Crippen molar-refractivity contribution >= 4 is 41.9 Å². The Kier molecular flexibility index (Phi) is 3.05.